The largest absolute Gasteiger partial charge is 0.492 e. The van der Waals surface area contributed by atoms with Gasteiger partial charge < -0.3 is 15.6 Å². The molecule has 0 radical (unpaired) electrons. The number of rotatable bonds is 5. The quantitative estimate of drug-likeness (QED) is 0.739. The van der Waals surface area contributed by atoms with Crippen molar-refractivity contribution in [3.05, 3.63) is 29.8 Å². The van der Waals surface area contributed by atoms with E-state index in [1.165, 1.54) is 5.56 Å². The molecular formula is C11H17NO2. The van der Waals surface area contributed by atoms with Crippen LogP contribution >= 0.6 is 0 Å². The minimum Gasteiger partial charge on any atom is -0.492 e. The van der Waals surface area contributed by atoms with Crippen LogP contribution in [0.25, 0.3) is 0 Å². The second kappa shape index (κ2) is 5.62. The first-order valence-corrected chi connectivity index (χ1v) is 4.78. The minimum atomic E-state index is -0.0967. The van der Waals surface area contributed by atoms with Gasteiger partial charge in [0.2, 0.25) is 0 Å². The summed E-state index contributed by atoms with van der Waals surface area (Å²) in [5.74, 6) is 0.832. The highest BCUT2D eigenvalue weighted by molar-refractivity contribution is 5.27. The van der Waals surface area contributed by atoms with Crippen molar-refractivity contribution >= 4 is 0 Å². The zero-order valence-electron chi connectivity index (χ0n) is 8.44. The van der Waals surface area contributed by atoms with E-state index in [9.17, 15) is 0 Å². The molecule has 0 amide bonds. The summed E-state index contributed by atoms with van der Waals surface area (Å²) in [4.78, 5) is 0. The molecule has 1 rings (SSSR count). The first-order chi connectivity index (χ1) is 6.72. The van der Waals surface area contributed by atoms with Gasteiger partial charge in [-0.3, -0.25) is 0 Å². The van der Waals surface area contributed by atoms with Crippen LogP contribution in [0.15, 0.2) is 24.3 Å². The fraction of sp³-hybridized carbons (Fsp3) is 0.455. The van der Waals surface area contributed by atoms with Crippen LogP contribution < -0.4 is 10.5 Å². The average molecular weight is 195 g/mol. The van der Waals surface area contributed by atoms with Gasteiger partial charge in [-0.2, -0.15) is 0 Å². The van der Waals surface area contributed by atoms with Gasteiger partial charge in [0, 0.05) is 12.6 Å². The van der Waals surface area contributed by atoms with Crippen molar-refractivity contribution in [2.24, 2.45) is 5.73 Å². The Balaban J connectivity index is 2.37. The second-order valence-electron chi connectivity index (χ2n) is 3.40. The van der Waals surface area contributed by atoms with Crippen LogP contribution in [-0.2, 0) is 0 Å². The van der Waals surface area contributed by atoms with Crippen LogP contribution in [0.4, 0.5) is 0 Å². The van der Waals surface area contributed by atoms with Gasteiger partial charge in [0.05, 0.1) is 0 Å². The molecule has 3 N–H and O–H groups in total. The number of nitrogens with two attached hydrogens (primary N) is 1. The number of hydrogen-bond acceptors (Lipinski definition) is 3. The maximum atomic E-state index is 8.64. The molecule has 0 aliphatic rings. The molecule has 0 aromatic heterocycles. The highest BCUT2D eigenvalue weighted by Crippen LogP contribution is 2.12. The fourth-order valence-electron chi connectivity index (χ4n) is 1.16. The Morgan fingerprint density at radius 3 is 2.93 bits per heavy atom. The van der Waals surface area contributed by atoms with Crippen LogP contribution in [0.2, 0.25) is 0 Å². The van der Waals surface area contributed by atoms with Crippen molar-refractivity contribution in [3.8, 4) is 5.75 Å². The Bertz CT molecular complexity index is 276. The zero-order chi connectivity index (χ0) is 10.4. The predicted molar refractivity (Wildman–Crippen MR) is 56.4 cm³/mol. The Morgan fingerprint density at radius 1 is 1.50 bits per heavy atom. The van der Waals surface area contributed by atoms with E-state index < -0.39 is 0 Å². The van der Waals surface area contributed by atoms with E-state index in [0.717, 1.165) is 5.75 Å². The van der Waals surface area contributed by atoms with Crippen molar-refractivity contribution in [1.82, 2.24) is 0 Å². The summed E-state index contributed by atoms with van der Waals surface area (Å²) in [6.07, 6.45) is 0.575. The summed E-state index contributed by atoms with van der Waals surface area (Å²) in [5, 5.41) is 8.64. The molecule has 3 heteroatoms. The van der Waals surface area contributed by atoms with Gasteiger partial charge in [0.15, 0.2) is 0 Å². The van der Waals surface area contributed by atoms with Gasteiger partial charge in [0.1, 0.15) is 12.4 Å². The first kappa shape index (κ1) is 11.0. The molecule has 0 aliphatic carbocycles. The molecule has 14 heavy (non-hydrogen) atoms. The molecule has 0 saturated carbocycles. The Morgan fingerprint density at radius 2 is 2.29 bits per heavy atom. The lowest BCUT2D eigenvalue weighted by Crippen LogP contribution is -2.28. The highest BCUT2D eigenvalue weighted by Gasteiger charge is 2.02. The summed E-state index contributed by atoms with van der Waals surface area (Å²) in [6, 6.07) is 7.73. The Labute approximate surface area is 84.5 Å². The highest BCUT2D eigenvalue weighted by atomic mass is 16.5. The third kappa shape index (κ3) is 3.77. The van der Waals surface area contributed by atoms with Crippen LogP contribution in [0, 0.1) is 6.92 Å². The van der Waals surface area contributed by atoms with Gasteiger partial charge in [-0.1, -0.05) is 12.1 Å². The molecule has 0 saturated heterocycles. The molecular weight excluding hydrogens is 178 g/mol. The third-order valence-corrected chi connectivity index (χ3v) is 1.95. The first-order valence-electron chi connectivity index (χ1n) is 4.78. The number of hydrogen-bond donors (Lipinski definition) is 2. The van der Waals surface area contributed by atoms with Crippen molar-refractivity contribution in [3.63, 3.8) is 0 Å². The smallest absolute Gasteiger partial charge is 0.119 e. The number of aryl methyl sites for hydroxylation is 1. The van der Waals surface area contributed by atoms with Crippen LogP contribution in [-0.4, -0.2) is 24.4 Å². The summed E-state index contributed by atoms with van der Waals surface area (Å²) in [7, 11) is 0. The third-order valence-electron chi connectivity index (χ3n) is 1.95. The molecule has 0 fully saturated rings. The molecule has 0 bridgehead atoms. The average Bonchev–Trinajstić information content (AvgIpc) is 2.15. The lowest BCUT2D eigenvalue weighted by molar-refractivity contribution is 0.233. The van der Waals surface area contributed by atoms with Crippen molar-refractivity contribution in [2.45, 2.75) is 19.4 Å². The van der Waals surface area contributed by atoms with Gasteiger partial charge >= 0.3 is 0 Å². The van der Waals surface area contributed by atoms with E-state index in [2.05, 4.69) is 0 Å². The zero-order valence-corrected chi connectivity index (χ0v) is 8.44. The Kier molecular flexibility index (Phi) is 4.43. The number of aliphatic hydroxyl groups is 1. The number of aliphatic hydroxyl groups excluding tert-OH is 1. The van der Waals surface area contributed by atoms with Crippen LogP contribution in [0.5, 0.6) is 5.75 Å². The Hall–Kier alpha value is -1.06. The maximum absolute atomic E-state index is 8.64. The molecule has 1 unspecified atom stereocenters. The van der Waals surface area contributed by atoms with Crippen molar-refractivity contribution in [2.75, 3.05) is 13.2 Å². The molecule has 0 spiro atoms. The van der Waals surface area contributed by atoms with E-state index in [-0.39, 0.29) is 12.6 Å². The summed E-state index contributed by atoms with van der Waals surface area (Å²) in [5.41, 5.74) is 6.85. The summed E-state index contributed by atoms with van der Waals surface area (Å²) < 4.78 is 5.47. The van der Waals surface area contributed by atoms with E-state index in [4.69, 9.17) is 15.6 Å². The fourth-order valence-corrected chi connectivity index (χ4v) is 1.16. The van der Waals surface area contributed by atoms with Crippen LogP contribution in [0.3, 0.4) is 0 Å². The van der Waals surface area contributed by atoms with Gasteiger partial charge in [-0.05, 0) is 31.0 Å². The molecule has 78 valence electrons. The number of ether oxygens (including phenoxy) is 1. The topological polar surface area (TPSA) is 55.5 Å². The lowest BCUT2D eigenvalue weighted by Gasteiger charge is -2.11. The molecule has 0 heterocycles. The van der Waals surface area contributed by atoms with Gasteiger partial charge in [-0.15, -0.1) is 0 Å². The summed E-state index contributed by atoms with van der Waals surface area (Å²) >= 11 is 0. The van der Waals surface area contributed by atoms with Gasteiger partial charge in [-0.25, -0.2) is 0 Å². The van der Waals surface area contributed by atoms with E-state index in [1.807, 2.05) is 31.2 Å². The normalized spacial score (nSPS) is 12.5. The molecule has 0 aliphatic heterocycles. The lowest BCUT2D eigenvalue weighted by atomic mass is 10.2. The van der Waals surface area contributed by atoms with Gasteiger partial charge in [0.25, 0.3) is 0 Å². The maximum Gasteiger partial charge on any atom is 0.119 e. The van der Waals surface area contributed by atoms with Crippen molar-refractivity contribution < 1.29 is 9.84 Å². The SMILES string of the molecule is Cc1cccc(OCC(N)CCO)c1. The van der Waals surface area contributed by atoms with E-state index >= 15 is 0 Å². The summed E-state index contributed by atoms with van der Waals surface area (Å²) in [6.45, 7) is 2.57. The second-order valence-corrected chi connectivity index (χ2v) is 3.40. The molecule has 3 nitrogen and oxygen atoms in total. The predicted octanol–water partition coefficient (Wildman–Crippen LogP) is 1.08. The minimum absolute atomic E-state index is 0.0967. The molecule has 1 aromatic carbocycles. The standard InChI is InChI=1S/C11H17NO2/c1-9-3-2-4-11(7-9)14-8-10(12)5-6-13/h2-4,7,10,13H,5-6,8,12H2,1H3. The molecule has 1 aromatic rings. The monoisotopic (exact) mass is 195 g/mol. The van der Waals surface area contributed by atoms with Crippen LogP contribution in [0.1, 0.15) is 12.0 Å². The van der Waals surface area contributed by atoms with Crippen molar-refractivity contribution in [1.29, 1.82) is 0 Å². The number of benzene rings is 1. The molecule has 1 atom stereocenters. The van der Waals surface area contributed by atoms with E-state index in [0.29, 0.717) is 13.0 Å². The van der Waals surface area contributed by atoms with E-state index in [1.54, 1.807) is 0 Å².